The molecule has 3 rings (SSSR count). The van der Waals surface area contributed by atoms with Crippen LogP contribution in [-0.2, 0) is 0 Å². The van der Waals surface area contributed by atoms with Crippen molar-refractivity contribution in [3.05, 3.63) is 0 Å². The minimum Gasteiger partial charge on any atom is -0.330 e. The third-order valence-electron chi connectivity index (χ3n) is 4.19. The van der Waals surface area contributed by atoms with Crippen LogP contribution in [0.4, 0.5) is 0 Å². The average molecular weight is 180 g/mol. The van der Waals surface area contributed by atoms with Gasteiger partial charge in [-0.05, 0) is 51.0 Å². The van der Waals surface area contributed by atoms with E-state index in [0.717, 1.165) is 30.6 Å². The van der Waals surface area contributed by atoms with Crippen LogP contribution >= 0.6 is 0 Å². The smallest absolute Gasteiger partial charge is 0.0105 e. The zero-order chi connectivity index (χ0) is 8.84. The highest BCUT2D eigenvalue weighted by molar-refractivity contribution is 5.01. The van der Waals surface area contributed by atoms with E-state index in [0.29, 0.717) is 0 Å². The molecule has 2 N–H and O–H groups in total. The van der Waals surface area contributed by atoms with Gasteiger partial charge in [0.2, 0.25) is 0 Å². The molecular weight excluding hydrogens is 160 g/mol. The summed E-state index contributed by atoms with van der Waals surface area (Å²) in [5, 5.41) is 0. The number of nitrogens with two attached hydrogens (primary N) is 1. The molecule has 0 aromatic carbocycles. The van der Waals surface area contributed by atoms with Crippen LogP contribution < -0.4 is 5.73 Å². The van der Waals surface area contributed by atoms with E-state index in [1.54, 1.807) is 0 Å². The van der Waals surface area contributed by atoms with Gasteiger partial charge < -0.3 is 5.73 Å². The first-order chi connectivity index (χ1) is 6.38. The van der Waals surface area contributed by atoms with Gasteiger partial charge in [-0.1, -0.05) is 0 Å². The van der Waals surface area contributed by atoms with Gasteiger partial charge in [0.15, 0.2) is 0 Å². The highest BCUT2D eigenvalue weighted by Gasteiger charge is 2.46. The van der Waals surface area contributed by atoms with Crippen molar-refractivity contribution in [2.24, 2.45) is 11.7 Å². The Morgan fingerprint density at radius 3 is 1.92 bits per heavy atom. The van der Waals surface area contributed by atoms with E-state index in [-0.39, 0.29) is 0 Å². The molecule has 2 saturated heterocycles. The fraction of sp³-hybridized carbons (Fsp3) is 1.00. The first kappa shape index (κ1) is 8.25. The summed E-state index contributed by atoms with van der Waals surface area (Å²) >= 11 is 0. The topological polar surface area (TPSA) is 29.3 Å². The molecular formula is C11H20N2. The highest BCUT2D eigenvalue weighted by Crippen LogP contribution is 2.44. The molecule has 2 aliphatic heterocycles. The molecule has 3 aliphatic rings. The van der Waals surface area contributed by atoms with Gasteiger partial charge in [-0.2, -0.15) is 0 Å². The fourth-order valence-electron chi connectivity index (χ4n) is 3.49. The Bertz CT molecular complexity index is 186. The molecule has 1 saturated carbocycles. The fourth-order valence-corrected chi connectivity index (χ4v) is 3.49. The second kappa shape index (κ2) is 2.96. The molecule has 13 heavy (non-hydrogen) atoms. The Labute approximate surface area is 80.5 Å². The summed E-state index contributed by atoms with van der Waals surface area (Å²) in [5.74, 6) is 0.840. The van der Waals surface area contributed by atoms with Crippen LogP contribution in [0.5, 0.6) is 0 Å². The van der Waals surface area contributed by atoms with Gasteiger partial charge in [-0.3, -0.25) is 4.90 Å². The normalized spacial score (nSPS) is 45.5. The van der Waals surface area contributed by atoms with Crippen LogP contribution in [-0.4, -0.2) is 29.6 Å². The Morgan fingerprint density at radius 1 is 0.923 bits per heavy atom. The zero-order valence-electron chi connectivity index (χ0n) is 8.28. The van der Waals surface area contributed by atoms with E-state index in [1.165, 1.54) is 38.5 Å². The lowest BCUT2D eigenvalue weighted by atomic mass is 9.91. The van der Waals surface area contributed by atoms with Gasteiger partial charge in [-0.25, -0.2) is 0 Å². The molecule has 74 valence electrons. The summed E-state index contributed by atoms with van der Waals surface area (Å²) in [6.45, 7) is 0.922. The molecule has 2 nitrogen and oxygen atoms in total. The molecule has 2 bridgehead atoms. The molecule has 0 aromatic heterocycles. The summed E-state index contributed by atoms with van der Waals surface area (Å²) < 4.78 is 0. The number of fused-ring (bicyclic) bond motifs is 2. The average Bonchev–Trinajstić information content (AvgIpc) is 2.95. The third kappa shape index (κ3) is 1.31. The number of rotatable bonds is 2. The summed E-state index contributed by atoms with van der Waals surface area (Å²) in [7, 11) is 0. The van der Waals surface area contributed by atoms with Gasteiger partial charge in [0.1, 0.15) is 0 Å². The maximum Gasteiger partial charge on any atom is 0.0105 e. The lowest BCUT2D eigenvalue weighted by Crippen LogP contribution is -2.45. The van der Waals surface area contributed by atoms with Crippen molar-refractivity contribution in [2.45, 2.75) is 56.7 Å². The van der Waals surface area contributed by atoms with E-state index < -0.39 is 0 Å². The molecule has 0 radical (unpaired) electrons. The van der Waals surface area contributed by atoms with Crippen LogP contribution in [0, 0.1) is 5.92 Å². The van der Waals surface area contributed by atoms with Crippen molar-refractivity contribution in [1.82, 2.24) is 4.90 Å². The summed E-state index contributed by atoms with van der Waals surface area (Å²) in [5.41, 5.74) is 5.77. The molecule has 0 spiro atoms. The van der Waals surface area contributed by atoms with E-state index >= 15 is 0 Å². The van der Waals surface area contributed by atoms with Crippen molar-refractivity contribution in [3.63, 3.8) is 0 Å². The largest absolute Gasteiger partial charge is 0.330 e. The van der Waals surface area contributed by atoms with Crippen molar-refractivity contribution in [3.8, 4) is 0 Å². The molecule has 1 aliphatic carbocycles. The number of hydrogen-bond acceptors (Lipinski definition) is 2. The second-order valence-corrected chi connectivity index (χ2v) is 5.14. The van der Waals surface area contributed by atoms with Crippen LogP contribution in [0.25, 0.3) is 0 Å². The Balaban J connectivity index is 1.73. The van der Waals surface area contributed by atoms with E-state index in [2.05, 4.69) is 4.90 Å². The molecule has 0 aromatic rings. The van der Waals surface area contributed by atoms with E-state index in [4.69, 9.17) is 5.73 Å². The SMILES string of the molecule is NCC1CC2CCC(C1)N2C1CC1. The lowest BCUT2D eigenvalue weighted by Gasteiger charge is -2.38. The van der Waals surface area contributed by atoms with Crippen molar-refractivity contribution in [1.29, 1.82) is 0 Å². The number of nitrogens with zero attached hydrogens (tertiary/aromatic N) is 1. The summed E-state index contributed by atoms with van der Waals surface area (Å²) in [4.78, 5) is 2.84. The quantitative estimate of drug-likeness (QED) is 0.695. The van der Waals surface area contributed by atoms with E-state index in [9.17, 15) is 0 Å². The van der Waals surface area contributed by atoms with E-state index in [1.807, 2.05) is 0 Å². The first-order valence-corrected chi connectivity index (χ1v) is 5.86. The van der Waals surface area contributed by atoms with Gasteiger partial charge in [0.05, 0.1) is 0 Å². The van der Waals surface area contributed by atoms with Crippen molar-refractivity contribution >= 4 is 0 Å². The predicted molar refractivity (Wildman–Crippen MR) is 53.4 cm³/mol. The first-order valence-electron chi connectivity index (χ1n) is 5.86. The molecule has 2 heterocycles. The minimum atomic E-state index is 0.840. The predicted octanol–water partition coefficient (Wildman–Crippen LogP) is 1.35. The molecule has 2 atom stereocenters. The van der Waals surface area contributed by atoms with Gasteiger partial charge in [0.25, 0.3) is 0 Å². The van der Waals surface area contributed by atoms with Crippen LogP contribution in [0.2, 0.25) is 0 Å². The molecule has 0 amide bonds. The Hall–Kier alpha value is -0.0800. The van der Waals surface area contributed by atoms with Crippen molar-refractivity contribution in [2.75, 3.05) is 6.54 Å². The summed E-state index contributed by atoms with van der Waals surface area (Å²) in [6, 6.07) is 2.82. The van der Waals surface area contributed by atoms with Gasteiger partial charge in [-0.15, -0.1) is 0 Å². The van der Waals surface area contributed by atoms with Gasteiger partial charge >= 0.3 is 0 Å². The van der Waals surface area contributed by atoms with Crippen LogP contribution in [0.15, 0.2) is 0 Å². The maximum atomic E-state index is 5.77. The number of piperidine rings is 1. The number of hydrogen-bond donors (Lipinski definition) is 1. The Kier molecular flexibility index (Phi) is 1.88. The molecule has 2 heteroatoms. The zero-order valence-corrected chi connectivity index (χ0v) is 8.28. The van der Waals surface area contributed by atoms with Crippen LogP contribution in [0.1, 0.15) is 38.5 Å². The molecule has 2 unspecified atom stereocenters. The summed E-state index contributed by atoms with van der Waals surface area (Å²) in [6.07, 6.45) is 8.64. The van der Waals surface area contributed by atoms with Crippen LogP contribution in [0.3, 0.4) is 0 Å². The maximum absolute atomic E-state index is 5.77. The third-order valence-corrected chi connectivity index (χ3v) is 4.19. The highest BCUT2D eigenvalue weighted by atomic mass is 15.3. The monoisotopic (exact) mass is 180 g/mol. The lowest BCUT2D eigenvalue weighted by molar-refractivity contribution is 0.0983. The minimum absolute atomic E-state index is 0.840. The van der Waals surface area contributed by atoms with Crippen molar-refractivity contribution < 1.29 is 0 Å². The Morgan fingerprint density at radius 2 is 1.46 bits per heavy atom. The second-order valence-electron chi connectivity index (χ2n) is 5.14. The molecule has 3 fully saturated rings. The standard InChI is InChI=1S/C11H20N2/c12-7-8-5-10-3-4-11(6-8)13(10)9-1-2-9/h8-11H,1-7,12H2. The van der Waals surface area contributed by atoms with Gasteiger partial charge in [0, 0.05) is 18.1 Å².